The number of pyridine rings is 1. The van der Waals surface area contributed by atoms with E-state index in [1.54, 1.807) is 6.20 Å². The van der Waals surface area contributed by atoms with Crippen LogP contribution < -0.4 is 5.73 Å². The van der Waals surface area contributed by atoms with Gasteiger partial charge in [-0.2, -0.15) is 4.98 Å². The predicted octanol–water partition coefficient (Wildman–Crippen LogP) is 3.02. The fraction of sp³-hybridized carbons (Fsp3) is 0.0714. The van der Waals surface area contributed by atoms with Crippen LogP contribution >= 0.6 is 15.9 Å². The number of benzene rings is 1. The molecule has 3 aromatic rings. The summed E-state index contributed by atoms with van der Waals surface area (Å²) in [4.78, 5) is 8.54. The molecule has 5 nitrogen and oxygen atoms in total. The average molecular weight is 331 g/mol. The molecule has 0 fully saturated rings. The van der Waals surface area contributed by atoms with Gasteiger partial charge in [-0.25, -0.2) is 0 Å². The van der Waals surface area contributed by atoms with Crippen LogP contribution in [0.5, 0.6) is 0 Å². The van der Waals surface area contributed by atoms with Crippen LogP contribution in [0.1, 0.15) is 5.69 Å². The van der Waals surface area contributed by atoms with Gasteiger partial charge in [0.1, 0.15) is 0 Å². The Balaban J connectivity index is 1.97. The van der Waals surface area contributed by atoms with Crippen molar-refractivity contribution in [2.75, 3.05) is 0 Å². The molecule has 0 radical (unpaired) electrons. The smallest absolute Gasteiger partial charge is 0.258 e. The van der Waals surface area contributed by atoms with Crippen LogP contribution in [0.25, 0.3) is 22.8 Å². The second-order valence-electron chi connectivity index (χ2n) is 4.17. The largest absolute Gasteiger partial charge is 0.334 e. The van der Waals surface area contributed by atoms with Crippen molar-refractivity contribution >= 4 is 15.9 Å². The zero-order chi connectivity index (χ0) is 13.9. The summed E-state index contributed by atoms with van der Waals surface area (Å²) in [6.07, 6.45) is 1.68. The van der Waals surface area contributed by atoms with Crippen LogP contribution in [0.15, 0.2) is 51.6 Å². The highest BCUT2D eigenvalue weighted by Crippen LogP contribution is 2.24. The van der Waals surface area contributed by atoms with Crippen molar-refractivity contribution in [2.24, 2.45) is 5.73 Å². The van der Waals surface area contributed by atoms with Gasteiger partial charge in [0.25, 0.3) is 5.89 Å². The fourth-order valence-corrected chi connectivity index (χ4v) is 2.21. The Morgan fingerprint density at radius 1 is 1.15 bits per heavy atom. The Morgan fingerprint density at radius 3 is 2.85 bits per heavy atom. The van der Waals surface area contributed by atoms with Crippen molar-refractivity contribution in [3.63, 3.8) is 0 Å². The molecule has 2 N–H and O–H groups in total. The molecule has 1 aromatic carbocycles. The SMILES string of the molecule is NCc1cc(-c2nc(-c3cccc(Br)c3)no2)ccn1. The van der Waals surface area contributed by atoms with Crippen molar-refractivity contribution in [1.29, 1.82) is 0 Å². The molecule has 0 amide bonds. The Labute approximate surface area is 124 Å². The highest BCUT2D eigenvalue weighted by atomic mass is 79.9. The standard InChI is InChI=1S/C14H11BrN4O/c15-11-3-1-2-9(6-11)13-18-14(20-19-13)10-4-5-17-12(7-10)8-16/h1-7H,8,16H2. The minimum Gasteiger partial charge on any atom is -0.334 e. The summed E-state index contributed by atoms with van der Waals surface area (Å²) in [6, 6.07) is 11.4. The topological polar surface area (TPSA) is 77.8 Å². The van der Waals surface area contributed by atoms with Gasteiger partial charge in [0.05, 0.1) is 5.69 Å². The molecule has 0 saturated carbocycles. The van der Waals surface area contributed by atoms with Crippen LogP contribution in [0, 0.1) is 0 Å². The van der Waals surface area contributed by atoms with Crippen LogP contribution in [0.3, 0.4) is 0 Å². The van der Waals surface area contributed by atoms with Crippen molar-refractivity contribution in [3.8, 4) is 22.8 Å². The van der Waals surface area contributed by atoms with E-state index in [1.165, 1.54) is 0 Å². The molecule has 0 aliphatic heterocycles. The maximum Gasteiger partial charge on any atom is 0.258 e. The van der Waals surface area contributed by atoms with E-state index >= 15 is 0 Å². The van der Waals surface area contributed by atoms with Gasteiger partial charge in [-0.15, -0.1) is 0 Å². The molecule has 3 rings (SSSR count). The molecule has 0 aliphatic carbocycles. The number of halogens is 1. The Bertz CT molecular complexity index is 741. The lowest BCUT2D eigenvalue weighted by atomic mass is 10.2. The van der Waals surface area contributed by atoms with Crippen molar-refractivity contribution in [3.05, 3.63) is 52.8 Å². The highest BCUT2D eigenvalue weighted by Gasteiger charge is 2.11. The van der Waals surface area contributed by atoms with Gasteiger partial charge < -0.3 is 10.3 Å². The molecule has 2 heterocycles. The lowest BCUT2D eigenvalue weighted by Crippen LogP contribution is -1.98. The van der Waals surface area contributed by atoms with E-state index in [-0.39, 0.29) is 0 Å². The summed E-state index contributed by atoms with van der Waals surface area (Å²) in [7, 11) is 0. The average Bonchev–Trinajstić information content (AvgIpc) is 2.97. The maximum absolute atomic E-state index is 5.58. The lowest BCUT2D eigenvalue weighted by molar-refractivity contribution is 0.432. The summed E-state index contributed by atoms with van der Waals surface area (Å²) in [5.74, 6) is 1.00. The van der Waals surface area contributed by atoms with E-state index in [0.29, 0.717) is 18.3 Å². The van der Waals surface area contributed by atoms with E-state index in [2.05, 4.69) is 31.1 Å². The molecule has 2 aromatic heterocycles. The van der Waals surface area contributed by atoms with Gasteiger partial charge in [0.2, 0.25) is 5.82 Å². The molecule has 6 heteroatoms. The monoisotopic (exact) mass is 330 g/mol. The molecule has 0 saturated heterocycles. The van der Waals surface area contributed by atoms with E-state index in [4.69, 9.17) is 10.3 Å². The number of nitrogens with two attached hydrogens (primary N) is 1. The molecular formula is C14H11BrN4O. The van der Waals surface area contributed by atoms with E-state index in [1.807, 2.05) is 36.4 Å². The van der Waals surface area contributed by atoms with Gasteiger partial charge >= 0.3 is 0 Å². The van der Waals surface area contributed by atoms with Gasteiger partial charge in [-0.3, -0.25) is 4.98 Å². The predicted molar refractivity (Wildman–Crippen MR) is 78.6 cm³/mol. The summed E-state index contributed by atoms with van der Waals surface area (Å²) in [6.45, 7) is 0.375. The van der Waals surface area contributed by atoms with Crippen LogP contribution in [0.2, 0.25) is 0 Å². The summed E-state index contributed by atoms with van der Waals surface area (Å²) < 4.78 is 6.27. The lowest BCUT2D eigenvalue weighted by Gasteiger charge is -1.97. The van der Waals surface area contributed by atoms with E-state index in [9.17, 15) is 0 Å². The van der Waals surface area contributed by atoms with Crippen LogP contribution in [0.4, 0.5) is 0 Å². The van der Waals surface area contributed by atoms with E-state index in [0.717, 1.165) is 21.3 Å². The quantitative estimate of drug-likeness (QED) is 0.798. The van der Waals surface area contributed by atoms with Crippen molar-refractivity contribution < 1.29 is 4.52 Å². The zero-order valence-electron chi connectivity index (χ0n) is 10.5. The first-order valence-electron chi connectivity index (χ1n) is 6.01. The summed E-state index contributed by atoms with van der Waals surface area (Å²) in [5, 5.41) is 4.00. The number of hydrogen-bond donors (Lipinski definition) is 1. The molecule has 0 atom stereocenters. The second-order valence-corrected chi connectivity index (χ2v) is 5.09. The second kappa shape index (κ2) is 5.52. The minimum atomic E-state index is 0.375. The highest BCUT2D eigenvalue weighted by molar-refractivity contribution is 9.10. The first-order valence-corrected chi connectivity index (χ1v) is 6.80. The molecule has 0 unspecified atom stereocenters. The third kappa shape index (κ3) is 2.61. The number of hydrogen-bond acceptors (Lipinski definition) is 5. The number of rotatable bonds is 3. The van der Waals surface area contributed by atoms with Crippen molar-refractivity contribution in [2.45, 2.75) is 6.54 Å². The number of nitrogens with zero attached hydrogens (tertiary/aromatic N) is 3. The van der Waals surface area contributed by atoms with Crippen molar-refractivity contribution in [1.82, 2.24) is 15.1 Å². The Kier molecular flexibility index (Phi) is 3.58. The summed E-state index contributed by atoms with van der Waals surface area (Å²) in [5.41, 5.74) is 8.06. The van der Waals surface area contributed by atoms with E-state index < -0.39 is 0 Å². The normalized spacial score (nSPS) is 10.7. The molecule has 0 spiro atoms. The first kappa shape index (κ1) is 13.0. The van der Waals surface area contributed by atoms with Crippen LogP contribution in [-0.4, -0.2) is 15.1 Å². The molecule has 0 aliphatic rings. The van der Waals surface area contributed by atoms with Gasteiger partial charge in [-0.1, -0.05) is 33.2 Å². The molecular weight excluding hydrogens is 320 g/mol. The third-order valence-electron chi connectivity index (χ3n) is 2.78. The van der Waals surface area contributed by atoms with Crippen LogP contribution in [-0.2, 0) is 6.54 Å². The maximum atomic E-state index is 5.58. The van der Waals surface area contributed by atoms with Gasteiger partial charge in [0, 0.05) is 28.3 Å². The Morgan fingerprint density at radius 2 is 2.05 bits per heavy atom. The fourth-order valence-electron chi connectivity index (χ4n) is 1.81. The molecule has 20 heavy (non-hydrogen) atoms. The number of aromatic nitrogens is 3. The third-order valence-corrected chi connectivity index (χ3v) is 3.27. The van der Waals surface area contributed by atoms with Gasteiger partial charge in [-0.05, 0) is 24.3 Å². The summed E-state index contributed by atoms with van der Waals surface area (Å²) >= 11 is 3.42. The first-order chi connectivity index (χ1) is 9.76. The molecule has 100 valence electrons. The van der Waals surface area contributed by atoms with Gasteiger partial charge in [0.15, 0.2) is 0 Å². The molecule has 0 bridgehead atoms. The zero-order valence-corrected chi connectivity index (χ0v) is 12.0. The Hall–Kier alpha value is -2.05. The minimum absolute atomic E-state index is 0.375.